The van der Waals surface area contributed by atoms with Crippen LogP contribution < -0.4 is 9.47 Å². The fourth-order valence-electron chi connectivity index (χ4n) is 6.25. The molecule has 0 saturated heterocycles. The van der Waals surface area contributed by atoms with Gasteiger partial charge in [0.2, 0.25) is 11.6 Å². The molecule has 5 heteroatoms. The van der Waals surface area contributed by atoms with Gasteiger partial charge in [0.25, 0.3) is 0 Å². The minimum atomic E-state index is -1.16. The summed E-state index contributed by atoms with van der Waals surface area (Å²) in [5, 5.41) is 0. The molecule has 180 valence electrons. The Balaban J connectivity index is 1.61. The molecule has 0 spiro atoms. The Morgan fingerprint density at radius 3 is 2.25 bits per heavy atom. The molecule has 32 heavy (non-hydrogen) atoms. The first kappa shape index (κ1) is 25.0. The standard InChI is InChI=1S/C27H40F2O3/c1-4-9-19(3)27(16-7-6-8-17-27)21-12-10-20(11-13-21)26(30)32-23-15-14-22(31-18-5-2)24(28)25(23)29/h14-15,19-21H,4-13,16-18H2,1-3H3/t19?,20-,21-. The van der Waals surface area contributed by atoms with Crippen LogP contribution in [0.2, 0.25) is 0 Å². The number of esters is 1. The molecule has 2 aliphatic rings. The second kappa shape index (κ2) is 11.5. The first-order chi connectivity index (χ1) is 15.4. The Morgan fingerprint density at radius 1 is 1.00 bits per heavy atom. The van der Waals surface area contributed by atoms with E-state index in [2.05, 4.69) is 13.8 Å². The fourth-order valence-corrected chi connectivity index (χ4v) is 6.25. The van der Waals surface area contributed by atoms with Crippen molar-refractivity contribution in [3.63, 3.8) is 0 Å². The number of carbonyl (C=O) groups excluding carboxylic acids is 1. The minimum Gasteiger partial charge on any atom is -0.490 e. The first-order valence-corrected chi connectivity index (χ1v) is 12.7. The number of hydrogen-bond acceptors (Lipinski definition) is 3. The van der Waals surface area contributed by atoms with Crippen molar-refractivity contribution in [3.05, 3.63) is 23.8 Å². The largest absolute Gasteiger partial charge is 0.490 e. The summed E-state index contributed by atoms with van der Waals surface area (Å²) in [7, 11) is 0. The van der Waals surface area contributed by atoms with E-state index >= 15 is 0 Å². The number of carbonyl (C=O) groups is 1. The van der Waals surface area contributed by atoms with Gasteiger partial charge in [-0.25, -0.2) is 0 Å². The number of benzene rings is 1. The van der Waals surface area contributed by atoms with Gasteiger partial charge in [-0.15, -0.1) is 0 Å². The van der Waals surface area contributed by atoms with Crippen molar-refractivity contribution >= 4 is 5.97 Å². The van der Waals surface area contributed by atoms with Crippen LogP contribution in [0.25, 0.3) is 0 Å². The van der Waals surface area contributed by atoms with E-state index in [4.69, 9.17) is 9.47 Å². The normalized spacial score (nSPS) is 24.0. The molecular formula is C27H40F2O3. The van der Waals surface area contributed by atoms with Gasteiger partial charge in [0.05, 0.1) is 12.5 Å². The average Bonchev–Trinajstić information content (AvgIpc) is 2.82. The Labute approximate surface area is 192 Å². The van der Waals surface area contributed by atoms with Crippen LogP contribution in [0.15, 0.2) is 12.1 Å². The molecule has 2 aliphatic carbocycles. The summed E-state index contributed by atoms with van der Waals surface area (Å²) in [4.78, 5) is 12.7. The molecule has 1 aromatic rings. The molecule has 2 saturated carbocycles. The smallest absolute Gasteiger partial charge is 0.314 e. The Hall–Kier alpha value is -1.65. The number of halogens is 2. The van der Waals surface area contributed by atoms with Gasteiger partial charge in [0, 0.05) is 0 Å². The lowest BCUT2D eigenvalue weighted by Gasteiger charge is -2.50. The van der Waals surface area contributed by atoms with Crippen molar-refractivity contribution in [2.24, 2.45) is 23.2 Å². The molecule has 0 bridgehead atoms. The summed E-state index contributed by atoms with van der Waals surface area (Å²) in [5.74, 6) is -2.08. The molecule has 3 nitrogen and oxygen atoms in total. The van der Waals surface area contributed by atoms with Crippen LogP contribution in [0.3, 0.4) is 0 Å². The summed E-state index contributed by atoms with van der Waals surface area (Å²) < 4.78 is 39.1. The Morgan fingerprint density at radius 2 is 1.62 bits per heavy atom. The van der Waals surface area contributed by atoms with E-state index < -0.39 is 17.6 Å². The van der Waals surface area contributed by atoms with Crippen molar-refractivity contribution in [3.8, 4) is 11.5 Å². The first-order valence-electron chi connectivity index (χ1n) is 12.7. The lowest BCUT2D eigenvalue weighted by atomic mass is 9.55. The van der Waals surface area contributed by atoms with Gasteiger partial charge in [-0.2, -0.15) is 8.78 Å². The molecule has 1 unspecified atom stereocenters. The minimum absolute atomic E-state index is 0.149. The van der Waals surface area contributed by atoms with Gasteiger partial charge >= 0.3 is 5.97 Å². The lowest BCUT2D eigenvalue weighted by molar-refractivity contribution is -0.141. The van der Waals surface area contributed by atoms with Crippen molar-refractivity contribution < 1.29 is 23.0 Å². The SMILES string of the molecule is CCCOc1ccc(OC(=O)[C@H]2CC[C@H](C3(C(C)CCC)CCCCC3)CC2)c(F)c1F. The number of rotatable bonds is 9. The lowest BCUT2D eigenvalue weighted by Crippen LogP contribution is -2.41. The molecule has 0 heterocycles. The maximum atomic E-state index is 14.4. The molecule has 0 aromatic heterocycles. The highest BCUT2D eigenvalue weighted by Gasteiger charge is 2.45. The van der Waals surface area contributed by atoms with Gasteiger partial charge in [-0.05, 0) is 74.3 Å². The van der Waals surface area contributed by atoms with Crippen molar-refractivity contribution in [1.82, 2.24) is 0 Å². The summed E-state index contributed by atoms with van der Waals surface area (Å²) >= 11 is 0. The summed E-state index contributed by atoms with van der Waals surface area (Å²) in [5.41, 5.74) is 0.409. The molecule has 1 aromatic carbocycles. The van der Waals surface area contributed by atoms with Crippen LogP contribution >= 0.6 is 0 Å². The van der Waals surface area contributed by atoms with E-state index in [1.165, 1.54) is 57.1 Å². The molecule has 0 amide bonds. The predicted octanol–water partition coefficient (Wildman–Crippen LogP) is 7.85. The van der Waals surface area contributed by atoms with Gasteiger partial charge in [-0.1, -0.05) is 52.9 Å². The second-order valence-corrected chi connectivity index (χ2v) is 9.99. The quantitative estimate of drug-likeness (QED) is 0.284. The van der Waals surface area contributed by atoms with E-state index in [0.717, 1.165) is 25.7 Å². The third-order valence-corrected chi connectivity index (χ3v) is 8.04. The maximum absolute atomic E-state index is 14.4. The summed E-state index contributed by atoms with van der Waals surface area (Å²) in [6, 6.07) is 2.62. The topological polar surface area (TPSA) is 35.5 Å². The second-order valence-electron chi connectivity index (χ2n) is 9.99. The van der Waals surface area contributed by atoms with Crippen molar-refractivity contribution in [1.29, 1.82) is 0 Å². The predicted molar refractivity (Wildman–Crippen MR) is 123 cm³/mol. The highest BCUT2D eigenvalue weighted by atomic mass is 19.2. The van der Waals surface area contributed by atoms with E-state index in [1.807, 2.05) is 6.92 Å². The number of hydrogen-bond donors (Lipinski definition) is 0. The average molecular weight is 451 g/mol. The molecule has 0 aliphatic heterocycles. The van der Waals surface area contributed by atoms with Gasteiger partial charge in [0.15, 0.2) is 11.5 Å². The third-order valence-electron chi connectivity index (χ3n) is 8.04. The zero-order valence-corrected chi connectivity index (χ0v) is 20.1. The molecule has 0 radical (unpaired) electrons. The van der Waals surface area contributed by atoms with Gasteiger partial charge in [0.1, 0.15) is 0 Å². The maximum Gasteiger partial charge on any atom is 0.314 e. The molecule has 2 fully saturated rings. The van der Waals surface area contributed by atoms with Gasteiger partial charge < -0.3 is 9.47 Å². The van der Waals surface area contributed by atoms with Crippen molar-refractivity contribution in [2.75, 3.05) is 6.61 Å². The molecule has 0 N–H and O–H groups in total. The van der Waals surface area contributed by atoms with E-state index in [-0.39, 0.29) is 17.4 Å². The number of ether oxygens (including phenoxy) is 2. The molecule has 1 atom stereocenters. The van der Waals surface area contributed by atoms with E-state index in [1.54, 1.807) is 0 Å². The third kappa shape index (κ3) is 5.46. The summed E-state index contributed by atoms with van der Waals surface area (Å²) in [6.07, 6.45) is 13.4. The molecular weight excluding hydrogens is 410 g/mol. The van der Waals surface area contributed by atoms with Gasteiger partial charge in [-0.3, -0.25) is 4.79 Å². The van der Waals surface area contributed by atoms with E-state index in [0.29, 0.717) is 30.3 Å². The fraction of sp³-hybridized carbons (Fsp3) is 0.741. The van der Waals surface area contributed by atoms with Crippen LogP contribution in [0.4, 0.5) is 8.78 Å². The zero-order chi connectivity index (χ0) is 23.1. The Kier molecular flexibility index (Phi) is 8.95. The summed E-state index contributed by atoms with van der Waals surface area (Å²) in [6.45, 7) is 6.89. The Bertz CT molecular complexity index is 750. The van der Waals surface area contributed by atoms with E-state index in [9.17, 15) is 13.6 Å². The molecule has 3 rings (SSSR count). The highest BCUT2D eigenvalue weighted by Crippen LogP contribution is 2.54. The van der Waals surface area contributed by atoms with Crippen LogP contribution in [-0.2, 0) is 4.79 Å². The van der Waals surface area contributed by atoms with Crippen LogP contribution in [0.1, 0.15) is 97.8 Å². The van der Waals surface area contributed by atoms with Crippen LogP contribution in [0, 0.1) is 34.8 Å². The zero-order valence-electron chi connectivity index (χ0n) is 20.1. The van der Waals surface area contributed by atoms with Crippen molar-refractivity contribution in [2.45, 2.75) is 97.8 Å². The van der Waals surface area contributed by atoms with Crippen LogP contribution in [0.5, 0.6) is 11.5 Å². The highest BCUT2D eigenvalue weighted by molar-refractivity contribution is 5.75. The monoisotopic (exact) mass is 450 g/mol. The van der Waals surface area contributed by atoms with Crippen LogP contribution in [-0.4, -0.2) is 12.6 Å².